The molecular weight excluding hydrogens is 112 g/mol. The first kappa shape index (κ1) is 8.92. The van der Waals surface area contributed by atoms with E-state index in [-0.39, 0.29) is 0 Å². The first-order valence-electron chi connectivity index (χ1n) is 3.56. The van der Waals surface area contributed by atoms with Crippen molar-refractivity contribution in [1.29, 1.82) is 0 Å². The second-order valence-electron chi connectivity index (χ2n) is 2.58. The summed E-state index contributed by atoms with van der Waals surface area (Å²) in [4.78, 5) is 0. The van der Waals surface area contributed by atoms with Crippen LogP contribution in [0, 0.1) is 0 Å². The average molecular weight is 130 g/mol. The molecule has 0 bridgehead atoms. The Labute approximate surface area is 58.4 Å². The Hall–Kier alpha value is -0.0800. The van der Waals surface area contributed by atoms with Gasteiger partial charge in [-0.2, -0.15) is 0 Å². The third-order valence-electron chi connectivity index (χ3n) is 1.52. The molecule has 0 radical (unpaired) electrons. The molecule has 9 heavy (non-hydrogen) atoms. The molecule has 0 fully saturated rings. The Bertz CT molecular complexity index is 61.9. The molecule has 0 saturated carbocycles. The van der Waals surface area contributed by atoms with Gasteiger partial charge in [0, 0.05) is 27.7 Å². The molecule has 0 N–H and O–H groups in total. The van der Waals surface area contributed by atoms with Gasteiger partial charge in [0.25, 0.3) is 0 Å². The monoisotopic (exact) mass is 130 g/mol. The molecule has 0 atom stereocenters. The van der Waals surface area contributed by atoms with E-state index in [1.807, 2.05) is 0 Å². The van der Waals surface area contributed by atoms with Gasteiger partial charge in [-0.25, -0.2) is 10.0 Å². The summed E-state index contributed by atoms with van der Waals surface area (Å²) >= 11 is 0. The summed E-state index contributed by atoms with van der Waals surface area (Å²) in [6.45, 7) is 3.38. The van der Waals surface area contributed by atoms with E-state index in [1.165, 1.54) is 19.4 Å². The molecule has 0 amide bonds. The largest absolute Gasteiger partial charge is 0.248 e. The highest BCUT2D eigenvalue weighted by molar-refractivity contribution is 4.41. The van der Waals surface area contributed by atoms with Gasteiger partial charge >= 0.3 is 0 Å². The first-order valence-corrected chi connectivity index (χ1v) is 3.56. The number of rotatable bonds is 4. The predicted molar refractivity (Wildman–Crippen MR) is 41.2 cm³/mol. The van der Waals surface area contributed by atoms with E-state index in [0.717, 1.165) is 0 Å². The van der Waals surface area contributed by atoms with Crippen LogP contribution < -0.4 is 0 Å². The topological polar surface area (TPSA) is 6.48 Å². The second-order valence-corrected chi connectivity index (χ2v) is 2.58. The Morgan fingerprint density at radius 2 is 1.67 bits per heavy atom. The fraction of sp³-hybridized carbons (Fsp3) is 1.00. The zero-order chi connectivity index (χ0) is 7.28. The highest BCUT2D eigenvalue weighted by Crippen LogP contribution is 1.91. The van der Waals surface area contributed by atoms with Crippen molar-refractivity contribution in [2.75, 3.05) is 27.7 Å². The van der Waals surface area contributed by atoms with Crippen molar-refractivity contribution < 1.29 is 0 Å². The van der Waals surface area contributed by atoms with Crippen LogP contribution in [0.25, 0.3) is 0 Å². The Morgan fingerprint density at radius 3 is 2.00 bits per heavy atom. The van der Waals surface area contributed by atoms with Crippen LogP contribution in [0.2, 0.25) is 0 Å². The molecule has 0 saturated heterocycles. The summed E-state index contributed by atoms with van der Waals surface area (Å²) in [5.41, 5.74) is 0. The molecule has 0 aromatic rings. The number of hydrazine groups is 1. The Morgan fingerprint density at radius 1 is 1.11 bits per heavy atom. The smallest absolute Gasteiger partial charge is 0.0129 e. The minimum Gasteiger partial charge on any atom is -0.248 e. The van der Waals surface area contributed by atoms with Crippen molar-refractivity contribution in [2.24, 2.45) is 0 Å². The summed E-state index contributed by atoms with van der Waals surface area (Å²) in [5.74, 6) is 0. The SMILES string of the molecule is CCCCN(C)N(C)C. The molecule has 0 aliphatic heterocycles. The van der Waals surface area contributed by atoms with Crippen LogP contribution in [-0.2, 0) is 0 Å². The molecule has 0 rings (SSSR count). The lowest BCUT2D eigenvalue weighted by Crippen LogP contribution is -2.33. The van der Waals surface area contributed by atoms with Crippen LogP contribution in [0.4, 0.5) is 0 Å². The summed E-state index contributed by atoms with van der Waals surface area (Å²) in [7, 11) is 6.24. The third kappa shape index (κ3) is 4.43. The standard InChI is InChI=1S/C7H18N2/c1-5-6-7-9(4)8(2)3/h5-7H2,1-4H3. The van der Waals surface area contributed by atoms with Crippen LogP contribution in [0.1, 0.15) is 19.8 Å². The summed E-state index contributed by atoms with van der Waals surface area (Å²) < 4.78 is 0. The lowest BCUT2D eigenvalue weighted by Gasteiger charge is -2.23. The van der Waals surface area contributed by atoms with Crippen LogP contribution in [0.3, 0.4) is 0 Å². The molecule has 2 nitrogen and oxygen atoms in total. The molecule has 0 heterocycles. The van der Waals surface area contributed by atoms with E-state index in [0.29, 0.717) is 0 Å². The van der Waals surface area contributed by atoms with Gasteiger partial charge in [-0.3, -0.25) is 0 Å². The normalized spacial score (nSPS) is 11.3. The van der Waals surface area contributed by atoms with Crippen molar-refractivity contribution in [3.63, 3.8) is 0 Å². The minimum atomic E-state index is 1.17. The zero-order valence-electron chi connectivity index (χ0n) is 7.02. The van der Waals surface area contributed by atoms with E-state index in [2.05, 4.69) is 38.1 Å². The van der Waals surface area contributed by atoms with Crippen LogP contribution in [0.5, 0.6) is 0 Å². The van der Waals surface area contributed by atoms with Crippen molar-refractivity contribution in [2.45, 2.75) is 19.8 Å². The second kappa shape index (κ2) is 4.77. The van der Waals surface area contributed by atoms with Crippen LogP contribution >= 0.6 is 0 Å². The molecule has 0 spiro atoms. The van der Waals surface area contributed by atoms with Gasteiger partial charge in [-0.15, -0.1) is 0 Å². The maximum atomic E-state index is 2.21. The van der Waals surface area contributed by atoms with Gasteiger partial charge in [-0.1, -0.05) is 13.3 Å². The van der Waals surface area contributed by atoms with E-state index >= 15 is 0 Å². The maximum Gasteiger partial charge on any atom is 0.0129 e. The minimum absolute atomic E-state index is 1.17. The summed E-state index contributed by atoms with van der Waals surface area (Å²) in [5, 5.41) is 4.32. The van der Waals surface area contributed by atoms with Crippen molar-refractivity contribution >= 4 is 0 Å². The van der Waals surface area contributed by atoms with Crippen LogP contribution in [-0.4, -0.2) is 37.7 Å². The van der Waals surface area contributed by atoms with Crippen molar-refractivity contribution in [1.82, 2.24) is 10.0 Å². The number of nitrogens with zero attached hydrogens (tertiary/aromatic N) is 2. The number of hydrogen-bond acceptors (Lipinski definition) is 2. The highest BCUT2D eigenvalue weighted by atomic mass is 15.6. The third-order valence-corrected chi connectivity index (χ3v) is 1.52. The number of hydrogen-bond donors (Lipinski definition) is 0. The lowest BCUT2D eigenvalue weighted by atomic mass is 10.3. The van der Waals surface area contributed by atoms with Crippen molar-refractivity contribution in [3.8, 4) is 0 Å². The quantitative estimate of drug-likeness (QED) is 0.527. The summed E-state index contributed by atoms with van der Waals surface area (Å²) in [6, 6.07) is 0. The molecule has 0 aromatic heterocycles. The predicted octanol–water partition coefficient (Wildman–Crippen LogP) is 1.19. The lowest BCUT2D eigenvalue weighted by molar-refractivity contribution is 0.0549. The molecule has 0 aliphatic carbocycles. The van der Waals surface area contributed by atoms with E-state index in [1.54, 1.807) is 0 Å². The fourth-order valence-corrected chi connectivity index (χ4v) is 0.587. The summed E-state index contributed by atoms with van der Waals surface area (Å²) in [6.07, 6.45) is 2.56. The van der Waals surface area contributed by atoms with Gasteiger partial charge in [0.15, 0.2) is 0 Å². The zero-order valence-corrected chi connectivity index (χ0v) is 7.02. The Kier molecular flexibility index (Phi) is 4.72. The Balaban J connectivity index is 3.16. The van der Waals surface area contributed by atoms with E-state index in [4.69, 9.17) is 0 Å². The van der Waals surface area contributed by atoms with E-state index in [9.17, 15) is 0 Å². The molecule has 0 unspecified atom stereocenters. The van der Waals surface area contributed by atoms with Crippen LogP contribution in [0.15, 0.2) is 0 Å². The fourth-order valence-electron chi connectivity index (χ4n) is 0.587. The van der Waals surface area contributed by atoms with Gasteiger partial charge < -0.3 is 0 Å². The molecular formula is C7H18N2. The molecule has 0 aliphatic rings. The molecule has 56 valence electrons. The maximum absolute atomic E-state index is 2.21. The first-order chi connectivity index (χ1) is 4.18. The number of unbranched alkanes of at least 4 members (excludes halogenated alkanes) is 1. The van der Waals surface area contributed by atoms with Gasteiger partial charge in [0.05, 0.1) is 0 Å². The molecule has 2 heteroatoms. The molecule has 0 aromatic carbocycles. The van der Waals surface area contributed by atoms with Crippen molar-refractivity contribution in [3.05, 3.63) is 0 Å². The highest BCUT2D eigenvalue weighted by Gasteiger charge is 1.96. The van der Waals surface area contributed by atoms with Gasteiger partial charge in [0.1, 0.15) is 0 Å². The average Bonchev–Trinajstić information content (AvgIpc) is 1.82. The van der Waals surface area contributed by atoms with Gasteiger partial charge in [0.2, 0.25) is 0 Å². The van der Waals surface area contributed by atoms with Gasteiger partial charge in [-0.05, 0) is 6.42 Å². The van der Waals surface area contributed by atoms with E-state index < -0.39 is 0 Å².